The van der Waals surface area contributed by atoms with Gasteiger partial charge in [0, 0.05) is 18.7 Å². The molecular formula is C17H25NO3. The summed E-state index contributed by atoms with van der Waals surface area (Å²) >= 11 is 0. The van der Waals surface area contributed by atoms with Gasteiger partial charge < -0.3 is 9.64 Å². The van der Waals surface area contributed by atoms with Crippen LogP contribution >= 0.6 is 0 Å². The summed E-state index contributed by atoms with van der Waals surface area (Å²) < 4.78 is 4.65. The standard InChI is InChI=1S/C17H25NO3/c1-13(2)9-11-18(12-10-16(19)21-4)17(20)15-7-5-14(3)6-8-15/h5-8,13H,9-12H2,1-4H3. The van der Waals surface area contributed by atoms with Crippen LogP contribution in [0.25, 0.3) is 0 Å². The highest BCUT2D eigenvalue weighted by molar-refractivity contribution is 5.94. The van der Waals surface area contributed by atoms with E-state index in [2.05, 4.69) is 18.6 Å². The van der Waals surface area contributed by atoms with Crippen molar-refractivity contribution in [2.24, 2.45) is 5.92 Å². The molecule has 4 heteroatoms. The average molecular weight is 291 g/mol. The molecule has 0 unspecified atom stereocenters. The lowest BCUT2D eigenvalue weighted by Gasteiger charge is -2.23. The number of rotatable bonds is 7. The number of carbonyl (C=O) groups is 2. The van der Waals surface area contributed by atoms with Gasteiger partial charge in [-0.15, -0.1) is 0 Å². The highest BCUT2D eigenvalue weighted by Crippen LogP contribution is 2.10. The molecule has 0 saturated carbocycles. The van der Waals surface area contributed by atoms with Crippen molar-refractivity contribution < 1.29 is 14.3 Å². The van der Waals surface area contributed by atoms with Crippen molar-refractivity contribution in [3.63, 3.8) is 0 Å². The monoisotopic (exact) mass is 291 g/mol. The van der Waals surface area contributed by atoms with Crippen LogP contribution < -0.4 is 0 Å². The van der Waals surface area contributed by atoms with Crippen molar-refractivity contribution in [2.75, 3.05) is 20.2 Å². The predicted molar refractivity (Wildman–Crippen MR) is 83.2 cm³/mol. The lowest BCUT2D eigenvalue weighted by Crippen LogP contribution is -2.34. The molecule has 0 aliphatic carbocycles. The van der Waals surface area contributed by atoms with Crippen LogP contribution in [-0.4, -0.2) is 37.0 Å². The molecule has 116 valence electrons. The Morgan fingerprint density at radius 1 is 1.14 bits per heavy atom. The van der Waals surface area contributed by atoms with Crippen LogP contribution in [0.1, 0.15) is 42.6 Å². The Bertz CT molecular complexity index is 465. The van der Waals surface area contributed by atoms with Gasteiger partial charge in [0.1, 0.15) is 0 Å². The number of amides is 1. The van der Waals surface area contributed by atoms with E-state index in [1.807, 2.05) is 31.2 Å². The molecule has 0 aromatic heterocycles. The quantitative estimate of drug-likeness (QED) is 0.725. The summed E-state index contributed by atoms with van der Waals surface area (Å²) in [6, 6.07) is 7.51. The zero-order valence-corrected chi connectivity index (χ0v) is 13.4. The van der Waals surface area contributed by atoms with Crippen molar-refractivity contribution in [3.05, 3.63) is 35.4 Å². The van der Waals surface area contributed by atoms with E-state index in [9.17, 15) is 9.59 Å². The number of esters is 1. The van der Waals surface area contributed by atoms with Crippen molar-refractivity contribution >= 4 is 11.9 Å². The molecule has 0 aliphatic heterocycles. The highest BCUT2D eigenvalue weighted by Gasteiger charge is 2.17. The number of methoxy groups -OCH3 is 1. The van der Waals surface area contributed by atoms with Crippen LogP contribution in [0.4, 0.5) is 0 Å². The lowest BCUT2D eigenvalue weighted by atomic mass is 10.1. The lowest BCUT2D eigenvalue weighted by molar-refractivity contribution is -0.140. The van der Waals surface area contributed by atoms with E-state index >= 15 is 0 Å². The molecule has 0 fully saturated rings. The minimum atomic E-state index is -0.291. The molecule has 0 saturated heterocycles. The van der Waals surface area contributed by atoms with Crippen LogP contribution in [0, 0.1) is 12.8 Å². The summed E-state index contributed by atoms with van der Waals surface area (Å²) in [6.07, 6.45) is 1.14. The van der Waals surface area contributed by atoms with E-state index in [0.29, 0.717) is 24.6 Å². The van der Waals surface area contributed by atoms with Crippen molar-refractivity contribution in [1.29, 1.82) is 0 Å². The van der Waals surface area contributed by atoms with E-state index < -0.39 is 0 Å². The molecule has 1 amide bonds. The fraction of sp³-hybridized carbons (Fsp3) is 0.529. The summed E-state index contributed by atoms with van der Waals surface area (Å²) in [5, 5.41) is 0. The van der Waals surface area contributed by atoms with Gasteiger partial charge in [0.25, 0.3) is 5.91 Å². The molecule has 0 spiro atoms. The summed E-state index contributed by atoms with van der Waals surface area (Å²) in [6.45, 7) is 7.28. The van der Waals surface area contributed by atoms with Gasteiger partial charge in [-0.05, 0) is 31.4 Å². The molecule has 1 aromatic carbocycles. The van der Waals surface area contributed by atoms with Gasteiger partial charge in [-0.1, -0.05) is 31.5 Å². The molecule has 0 bridgehead atoms. The second kappa shape index (κ2) is 8.45. The molecule has 0 N–H and O–H groups in total. The molecule has 0 atom stereocenters. The Hall–Kier alpha value is -1.84. The van der Waals surface area contributed by atoms with E-state index in [0.717, 1.165) is 12.0 Å². The van der Waals surface area contributed by atoms with Gasteiger partial charge >= 0.3 is 5.97 Å². The Morgan fingerprint density at radius 3 is 2.29 bits per heavy atom. The number of nitrogens with zero attached hydrogens (tertiary/aromatic N) is 1. The number of carbonyl (C=O) groups excluding carboxylic acids is 2. The largest absolute Gasteiger partial charge is 0.469 e. The maximum atomic E-state index is 12.5. The van der Waals surface area contributed by atoms with Gasteiger partial charge in [0.05, 0.1) is 13.5 Å². The van der Waals surface area contributed by atoms with Crippen LogP contribution in [0.15, 0.2) is 24.3 Å². The number of ether oxygens (including phenoxy) is 1. The first-order valence-corrected chi connectivity index (χ1v) is 7.36. The maximum absolute atomic E-state index is 12.5. The molecule has 0 heterocycles. The topological polar surface area (TPSA) is 46.6 Å². The van der Waals surface area contributed by atoms with Crippen LogP contribution in [0.2, 0.25) is 0 Å². The molecule has 4 nitrogen and oxygen atoms in total. The normalized spacial score (nSPS) is 10.5. The number of benzene rings is 1. The smallest absolute Gasteiger partial charge is 0.307 e. The Balaban J connectivity index is 2.75. The molecule has 0 radical (unpaired) electrons. The van der Waals surface area contributed by atoms with Crippen LogP contribution in [0.5, 0.6) is 0 Å². The van der Waals surface area contributed by atoms with E-state index in [-0.39, 0.29) is 18.3 Å². The van der Waals surface area contributed by atoms with Gasteiger partial charge in [0.15, 0.2) is 0 Å². The fourth-order valence-corrected chi connectivity index (χ4v) is 1.94. The zero-order valence-electron chi connectivity index (χ0n) is 13.4. The minimum absolute atomic E-state index is 0.0282. The summed E-state index contributed by atoms with van der Waals surface area (Å²) in [5.41, 5.74) is 1.78. The minimum Gasteiger partial charge on any atom is -0.469 e. The Labute approximate surface area is 127 Å². The van der Waals surface area contributed by atoms with E-state index in [1.54, 1.807) is 4.90 Å². The average Bonchev–Trinajstić information content (AvgIpc) is 2.46. The summed E-state index contributed by atoms with van der Waals surface area (Å²) in [4.78, 5) is 25.6. The van der Waals surface area contributed by atoms with E-state index in [4.69, 9.17) is 0 Å². The third kappa shape index (κ3) is 5.98. The Kier molecular flexibility index (Phi) is 6.92. The van der Waals surface area contributed by atoms with Crippen molar-refractivity contribution in [1.82, 2.24) is 4.90 Å². The van der Waals surface area contributed by atoms with Crippen LogP contribution in [-0.2, 0) is 9.53 Å². The number of hydrogen-bond donors (Lipinski definition) is 0. The van der Waals surface area contributed by atoms with Gasteiger partial charge in [-0.25, -0.2) is 0 Å². The van der Waals surface area contributed by atoms with Gasteiger partial charge in [-0.3, -0.25) is 9.59 Å². The first kappa shape index (κ1) is 17.2. The van der Waals surface area contributed by atoms with E-state index in [1.165, 1.54) is 7.11 Å². The third-order valence-electron chi connectivity index (χ3n) is 3.38. The predicted octanol–water partition coefficient (Wildman–Crippen LogP) is 3.05. The fourth-order valence-electron chi connectivity index (χ4n) is 1.94. The summed E-state index contributed by atoms with van der Waals surface area (Å²) in [5.74, 6) is 0.192. The number of aryl methyl sites for hydroxylation is 1. The molecule has 21 heavy (non-hydrogen) atoms. The summed E-state index contributed by atoms with van der Waals surface area (Å²) in [7, 11) is 1.36. The molecule has 0 aliphatic rings. The van der Waals surface area contributed by atoms with Gasteiger partial charge in [-0.2, -0.15) is 0 Å². The number of hydrogen-bond acceptors (Lipinski definition) is 3. The Morgan fingerprint density at radius 2 is 1.76 bits per heavy atom. The van der Waals surface area contributed by atoms with Gasteiger partial charge in [0.2, 0.25) is 0 Å². The molecule has 1 aromatic rings. The van der Waals surface area contributed by atoms with Crippen LogP contribution in [0.3, 0.4) is 0 Å². The second-order valence-electron chi connectivity index (χ2n) is 5.67. The SMILES string of the molecule is COC(=O)CCN(CCC(C)C)C(=O)c1ccc(C)cc1. The molecular weight excluding hydrogens is 266 g/mol. The zero-order chi connectivity index (χ0) is 15.8. The van der Waals surface area contributed by atoms with Crippen molar-refractivity contribution in [2.45, 2.75) is 33.6 Å². The highest BCUT2D eigenvalue weighted by atomic mass is 16.5. The second-order valence-corrected chi connectivity index (χ2v) is 5.67. The van der Waals surface area contributed by atoms with Crippen molar-refractivity contribution in [3.8, 4) is 0 Å². The molecule has 1 rings (SSSR count). The maximum Gasteiger partial charge on any atom is 0.307 e. The third-order valence-corrected chi connectivity index (χ3v) is 3.38. The first-order chi connectivity index (χ1) is 9.93. The first-order valence-electron chi connectivity index (χ1n) is 7.36.